The maximum atomic E-state index is 12.1. The van der Waals surface area contributed by atoms with Crippen molar-refractivity contribution in [3.8, 4) is 5.75 Å². The van der Waals surface area contributed by atoms with E-state index in [9.17, 15) is 9.59 Å². The van der Waals surface area contributed by atoms with Gasteiger partial charge in [0.2, 0.25) is 5.91 Å². The number of aryl methyl sites for hydroxylation is 1. The van der Waals surface area contributed by atoms with Gasteiger partial charge in [-0.2, -0.15) is 0 Å². The molecule has 152 valence electrons. The van der Waals surface area contributed by atoms with Gasteiger partial charge in [0.1, 0.15) is 30.2 Å². The lowest BCUT2D eigenvalue weighted by atomic mass is 10.1. The number of ether oxygens (including phenoxy) is 1. The lowest BCUT2D eigenvalue weighted by molar-refractivity contribution is -0.122. The second-order valence-electron chi connectivity index (χ2n) is 6.88. The van der Waals surface area contributed by atoms with Gasteiger partial charge in [-0.25, -0.2) is 9.48 Å². The number of carbonyl (C=O) groups is 1. The number of carbonyl (C=O) groups excluding carboxylic acids is 1. The van der Waals surface area contributed by atoms with Crippen molar-refractivity contribution in [2.75, 3.05) is 0 Å². The molecule has 1 amide bonds. The van der Waals surface area contributed by atoms with Crippen LogP contribution in [0.25, 0.3) is 11.0 Å². The molecule has 0 spiro atoms. The predicted molar refractivity (Wildman–Crippen MR) is 110 cm³/mol. The highest BCUT2D eigenvalue weighted by molar-refractivity contribution is 5.82. The average molecular weight is 404 g/mol. The second-order valence-corrected chi connectivity index (χ2v) is 6.88. The van der Waals surface area contributed by atoms with Crippen LogP contribution < -0.4 is 15.7 Å². The number of fused-ring (bicyclic) bond motifs is 1. The Labute approximate surface area is 172 Å². The van der Waals surface area contributed by atoms with Gasteiger partial charge in [-0.05, 0) is 24.6 Å². The maximum Gasteiger partial charge on any atom is 0.339 e. The van der Waals surface area contributed by atoms with Crippen LogP contribution in [-0.2, 0) is 24.5 Å². The fourth-order valence-corrected chi connectivity index (χ4v) is 2.94. The molecule has 8 nitrogen and oxygen atoms in total. The second kappa shape index (κ2) is 8.60. The van der Waals surface area contributed by atoms with E-state index in [1.807, 2.05) is 43.3 Å². The topological polar surface area (TPSA) is 99.2 Å². The largest absolute Gasteiger partial charge is 0.486 e. The highest BCUT2D eigenvalue weighted by Gasteiger charge is 2.10. The van der Waals surface area contributed by atoms with Gasteiger partial charge < -0.3 is 14.5 Å². The average Bonchev–Trinajstić information content (AvgIpc) is 3.18. The molecule has 8 heteroatoms. The molecule has 0 saturated carbocycles. The summed E-state index contributed by atoms with van der Waals surface area (Å²) < 4.78 is 12.3. The number of hydrogen-bond donors (Lipinski definition) is 1. The molecule has 0 saturated heterocycles. The van der Waals surface area contributed by atoms with Crippen molar-refractivity contribution in [2.45, 2.75) is 26.6 Å². The third-order valence-electron chi connectivity index (χ3n) is 4.49. The summed E-state index contributed by atoms with van der Waals surface area (Å²) in [6.07, 6.45) is 1.64. The van der Waals surface area contributed by atoms with Gasteiger partial charge in [0.05, 0.1) is 17.6 Å². The summed E-state index contributed by atoms with van der Waals surface area (Å²) in [4.78, 5) is 23.8. The van der Waals surface area contributed by atoms with Crippen LogP contribution >= 0.6 is 0 Å². The van der Waals surface area contributed by atoms with Crippen molar-refractivity contribution < 1.29 is 13.9 Å². The number of hydrogen-bond acceptors (Lipinski definition) is 6. The van der Waals surface area contributed by atoms with Gasteiger partial charge in [-0.15, -0.1) is 5.10 Å². The quantitative estimate of drug-likeness (QED) is 0.475. The lowest BCUT2D eigenvalue weighted by Crippen LogP contribution is -2.27. The summed E-state index contributed by atoms with van der Waals surface area (Å²) in [6.45, 7) is 2.63. The third-order valence-corrected chi connectivity index (χ3v) is 4.49. The molecule has 0 unspecified atom stereocenters. The van der Waals surface area contributed by atoms with E-state index in [0.717, 1.165) is 5.56 Å². The number of rotatable bonds is 7. The standard InChI is InChI=1S/C22H20N4O4/c1-15-6-8-16(9-7-15)11-23-21(27)13-26-12-17(24-25-26)14-29-20-10-22(28)30-19-5-3-2-4-18(19)20/h2-10,12H,11,13-14H2,1H3,(H,23,27). The normalized spacial score (nSPS) is 10.8. The van der Waals surface area contributed by atoms with Crippen LogP contribution in [0.5, 0.6) is 5.75 Å². The molecule has 30 heavy (non-hydrogen) atoms. The van der Waals surface area contributed by atoms with E-state index < -0.39 is 5.63 Å². The molecule has 0 aliphatic carbocycles. The van der Waals surface area contributed by atoms with Crippen molar-refractivity contribution in [3.63, 3.8) is 0 Å². The Morgan fingerprint density at radius 2 is 1.97 bits per heavy atom. The molecule has 0 aliphatic rings. The molecule has 0 bridgehead atoms. The van der Waals surface area contributed by atoms with Crippen LogP contribution in [-0.4, -0.2) is 20.9 Å². The summed E-state index contributed by atoms with van der Waals surface area (Å²) in [5.74, 6) is 0.242. The third kappa shape index (κ3) is 4.72. The lowest BCUT2D eigenvalue weighted by Gasteiger charge is -2.06. The Balaban J connectivity index is 1.34. The Morgan fingerprint density at radius 1 is 1.17 bits per heavy atom. The summed E-state index contributed by atoms with van der Waals surface area (Å²) in [5.41, 5.74) is 2.71. The maximum absolute atomic E-state index is 12.1. The molecular formula is C22H20N4O4. The SMILES string of the molecule is Cc1ccc(CNC(=O)Cn2cc(COc3cc(=O)oc4ccccc34)nn2)cc1. The Hall–Kier alpha value is -3.94. The van der Waals surface area contributed by atoms with Crippen LogP contribution in [0.4, 0.5) is 0 Å². The molecule has 0 fully saturated rings. The zero-order chi connectivity index (χ0) is 20.9. The number of nitrogens with one attached hydrogen (secondary N) is 1. The van der Waals surface area contributed by atoms with E-state index in [0.29, 0.717) is 29.0 Å². The molecular weight excluding hydrogens is 384 g/mol. The van der Waals surface area contributed by atoms with E-state index in [-0.39, 0.29) is 19.1 Å². The van der Waals surface area contributed by atoms with Crippen molar-refractivity contribution in [3.05, 3.63) is 88.0 Å². The Kier molecular flexibility index (Phi) is 5.56. The molecule has 2 aromatic heterocycles. The molecule has 4 aromatic rings. The van der Waals surface area contributed by atoms with E-state index in [1.54, 1.807) is 18.3 Å². The van der Waals surface area contributed by atoms with Crippen molar-refractivity contribution in [1.82, 2.24) is 20.3 Å². The highest BCUT2D eigenvalue weighted by Crippen LogP contribution is 2.23. The van der Waals surface area contributed by atoms with E-state index >= 15 is 0 Å². The summed E-state index contributed by atoms with van der Waals surface area (Å²) in [5, 5.41) is 11.5. The summed E-state index contributed by atoms with van der Waals surface area (Å²) >= 11 is 0. The fraction of sp³-hybridized carbons (Fsp3) is 0.182. The molecule has 0 aliphatic heterocycles. The van der Waals surface area contributed by atoms with Gasteiger partial charge in [0.25, 0.3) is 0 Å². The number of amides is 1. The Morgan fingerprint density at radius 3 is 2.80 bits per heavy atom. The Bertz CT molecular complexity index is 1230. The van der Waals surface area contributed by atoms with Gasteiger partial charge in [-0.1, -0.05) is 47.2 Å². The van der Waals surface area contributed by atoms with Crippen molar-refractivity contribution in [2.24, 2.45) is 0 Å². The monoisotopic (exact) mass is 404 g/mol. The van der Waals surface area contributed by atoms with Gasteiger partial charge in [0, 0.05) is 6.54 Å². The molecule has 4 rings (SSSR count). The molecule has 0 radical (unpaired) electrons. The molecule has 1 N–H and O–H groups in total. The van der Waals surface area contributed by atoms with Gasteiger partial charge in [-0.3, -0.25) is 4.79 Å². The van der Waals surface area contributed by atoms with Crippen LogP contribution in [0.3, 0.4) is 0 Å². The number of para-hydroxylation sites is 1. The van der Waals surface area contributed by atoms with E-state index in [4.69, 9.17) is 9.15 Å². The minimum absolute atomic E-state index is 0.0523. The minimum atomic E-state index is -0.488. The minimum Gasteiger partial charge on any atom is -0.486 e. The predicted octanol–water partition coefficient (Wildman–Crippen LogP) is 2.59. The van der Waals surface area contributed by atoms with E-state index in [2.05, 4.69) is 15.6 Å². The smallest absolute Gasteiger partial charge is 0.339 e. The molecule has 2 heterocycles. The van der Waals surface area contributed by atoms with Gasteiger partial charge >= 0.3 is 5.63 Å². The van der Waals surface area contributed by atoms with Crippen LogP contribution in [0.1, 0.15) is 16.8 Å². The first kappa shape index (κ1) is 19.4. The fourth-order valence-electron chi connectivity index (χ4n) is 2.94. The first-order valence-electron chi connectivity index (χ1n) is 9.44. The number of benzene rings is 2. The first-order chi connectivity index (χ1) is 14.6. The summed E-state index contributed by atoms with van der Waals surface area (Å²) in [7, 11) is 0. The van der Waals surface area contributed by atoms with Crippen LogP contribution in [0, 0.1) is 6.92 Å². The summed E-state index contributed by atoms with van der Waals surface area (Å²) in [6, 6.07) is 16.4. The van der Waals surface area contributed by atoms with Crippen molar-refractivity contribution in [1.29, 1.82) is 0 Å². The first-order valence-corrected chi connectivity index (χ1v) is 9.44. The van der Waals surface area contributed by atoms with E-state index in [1.165, 1.54) is 16.3 Å². The zero-order valence-electron chi connectivity index (χ0n) is 16.4. The van der Waals surface area contributed by atoms with Crippen LogP contribution in [0.15, 0.2) is 70.0 Å². The molecule has 0 atom stereocenters. The van der Waals surface area contributed by atoms with Crippen LogP contribution in [0.2, 0.25) is 0 Å². The zero-order valence-corrected chi connectivity index (χ0v) is 16.4. The van der Waals surface area contributed by atoms with Crippen molar-refractivity contribution >= 4 is 16.9 Å². The molecule has 2 aromatic carbocycles. The highest BCUT2D eigenvalue weighted by atomic mass is 16.5. The number of aromatic nitrogens is 3. The number of nitrogens with zero attached hydrogens (tertiary/aromatic N) is 3. The van der Waals surface area contributed by atoms with Gasteiger partial charge in [0.15, 0.2) is 0 Å².